The molecule has 0 heterocycles. The topological polar surface area (TPSA) is 12.5 Å². The molecule has 0 saturated heterocycles. The van der Waals surface area contributed by atoms with Gasteiger partial charge in [-0.25, -0.2) is 0 Å². The maximum atomic E-state index is 5.59. The second-order valence-corrected chi connectivity index (χ2v) is 5.48. The van der Waals surface area contributed by atoms with Crippen LogP contribution in [0.5, 0.6) is 5.75 Å². The largest absolute Gasteiger partial charge is 0.496 e. The molecule has 0 radical (unpaired) electrons. The van der Waals surface area contributed by atoms with E-state index in [1.54, 1.807) is 7.11 Å². The second-order valence-electron chi connectivity index (χ2n) is 5.48. The van der Waals surface area contributed by atoms with Crippen LogP contribution < -0.4 is 9.64 Å². The Kier molecular flexibility index (Phi) is 4.89. The van der Waals surface area contributed by atoms with E-state index >= 15 is 0 Å². The van der Waals surface area contributed by atoms with Gasteiger partial charge in [-0.05, 0) is 41.7 Å². The third-order valence-electron chi connectivity index (χ3n) is 3.93. The summed E-state index contributed by atoms with van der Waals surface area (Å²) in [4.78, 5) is 2.18. The third-order valence-corrected chi connectivity index (χ3v) is 3.93. The monoisotopic (exact) mass is 283 g/mol. The van der Waals surface area contributed by atoms with Gasteiger partial charge in [0, 0.05) is 25.3 Å². The number of benzene rings is 2. The number of anilines is 1. The van der Waals surface area contributed by atoms with Crippen molar-refractivity contribution in [3.05, 3.63) is 47.5 Å². The molecular formula is C19H25NO. The molecule has 0 aromatic heterocycles. The molecule has 0 N–H and O–H groups in total. The number of aryl methyl sites for hydroxylation is 2. The molecule has 0 fully saturated rings. The third kappa shape index (κ3) is 3.21. The average Bonchev–Trinajstić information content (AvgIpc) is 2.53. The van der Waals surface area contributed by atoms with Crippen molar-refractivity contribution in [2.45, 2.75) is 26.7 Å². The lowest BCUT2D eigenvalue weighted by atomic mass is 9.98. The lowest BCUT2D eigenvalue weighted by Crippen LogP contribution is -2.11. The number of rotatable bonds is 5. The molecule has 0 aliphatic rings. The van der Waals surface area contributed by atoms with Gasteiger partial charge in [-0.2, -0.15) is 0 Å². The van der Waals surface area contributed by atoms with Gasteiger partial charge < -0.3 is 9.64 Å². The molecule has 2 aromatic rings. The molecule has 2 nitrogen and oxygen atoms in total. The lowest BCUT2D eigenvalue weighted by Gasteiger charge is -2.19. The first-order valence-corrected chi connectivity index (χ1v) is 7.58. The molecule has 112 valence electrons. The smallest absolute Gasteiger partial charge is 0.126 e. The van der Waals surface area contributed by atoms with Gasteiger partial charge in [-0.3, -0.25) is 0 Å². The van der Waals surface area contributed by atoms with Crippen molar-refractivity contribution in [1.29, 1.82) is 0 Å². The number of methoxy groups -OCH3 is 1. The minimum absolute atomic E-state index is 0.948. The Morgan fingerprint density at radius 1 is 0.952 bits per heavy atom. The molecule has 0 bridgehead atoms. The quantitative estimate of drug-likeness (QED) is 0.798. The van der Waals surface area contributed by atoms with Crippen LogP contribution in [0.4, 0.5) is 5.69 Å². The Labute approximate surface area is 128 Å². The molecule has 0 spiro atoms. The highest BCUT2D eigenvalue weighted by Gasteiger charge is 2.10. The van der Waals surface area contributed by atoms with Crippen molar-refractivity contribution < 1.29 is 4.74 Å². The highest BCUT2D eigenvalue weighted by molar-refractivity contribution is 5.75. The molecule has 0 unspecified atom stereocenters. The Morgan fingerprint density at radius 2 is 1.71 bits per heavy atom. The van der Waals surface area contributed by atoms with Crippen LogP contribution in [0, 0.1) is 0 Å². The first-order valence-electron chi connectivity index (χ1n) is 7.58. The van der Waals surface area contributed by atoms with Crippen LogP contribution in [-0.4, -0.2) is 21.2 Å². The van der Waals surface area contributed by atoms with Crippen molar-refractivity contribution in [2.24, 2.45) is 0 Å². The Hall–Kier alpha value is -1.96. The van der Waals surface area contributed by atoms with E-state index in [0.29, 0.717) is 0 Å². The van der Waals surface area contributed by atoms with Crippen molar-refractivity contribution in [3.8, 4) is 16.9 Å². The zero-order valence-electron chi connectivity index (χ0n) is 13.7. The van der Waals surface area contributed by atoms with Crippen molar-refractivity contribution >= 4 is 5.69 Å². The summed E-state index contributed by atoms with van der Waals surface area (Å²) in [6.07, 6.45) is 2.06. The van der Waals surface area contributed by atoms with Gasteiger partial charge in [0.1, 0.15) is 5.75 Å². The van der Waals surface area contributed by atoms with Crippen LogP contribution in [0.15, 0.2) is 36.4 Å². The van der Waals surface area contributed by atoms with E-state index in [0.717, 1.165) is 24.2 Å². The minimum atomic E-state index is 0.948. The van der Waals surface area contributed by atoms with E-state index < -0.39 is 0 Å². The molecule has 2 heteroatoms. The molecule has 0 saturated carbocycles. The standard InChI is InChI=1S/C19H25NO/c1-6-14-8-11-17(19(12-14)21-5)16-10-9-15(7-2)18(13-16)20(3)4/h8-13H,6-7H2,1-5H3. The summed E-state index contributed by atoms with van der Waals surface area (Å²) in [7, 11) is 5.93. The summed E-state index contributed by atoms with van der Waals surface area (Å²) in [5, 5.41) is 0. The molecule has 0 atom stereocenters. The first kappa shape index (κ1) is 15.4. The van der Waals surface area contributed by atoms with Gasteiger partial charge in [-0.1, -0.05) is 38.1 Å². The van der Waals surface area contributed by atoms with Gasteiger partial charge in [-0.15, -0.1) is 0 Å². The van der Waals surface area contributed by atoms with Gasteiger partial charge in [0.15, 0.2) is 0 Å². The van der Waals surface area contributed by atoms with Gasteiger partial charge >= 0.3 is 0 Å². The Balaban J connectivity index is 2.54. The van der Waals surface area contributed by atoms with Gasteiger partial charge in [0.05, 0.1) is 7.11 Å². The molecule has 21 heavy (non-hydrogen) atoms. The summed E-state index contributed by atoms with van der Waals surface area (Å²) in [5.41, 5.74) is 6.30. The fourth-order valence-electron chi connectivity index (χ4n) is 2.64. The summed E-state index contributed by atoms with van der Waals surface area (Å²) >= 11 is 0. The fourth-order valence-corrected chi connectivity index (χ4v) is 2.64. The summed E-state index contributed by atoms with van der Waals surface area (Å²) in [6.45, 7) is 4.35. The van der Waals surface area contributed by atoms with Crippen LogP contribution in [0.1, 0.15) is 25.0 Å². The maximum absolute atomic E-state index is 5.59. The van der Waals surface area contributed by atoms with Crippen LogP contribution in [-0.2, 0) is 12.8 Å². The van der Waals surface area contributed by atoms with Crippen molar-refractivity contribution in [3.63, 3.8) is 0 Å². The maximum Gasteiger partial charge on any atom is 0.126 e. The molecule has 0 amide bonds. The fraction of sp³-hybridized carbons (Fsp3) is 0.368. The highest BCUT2D eigenvalue weighted by Crippen LogP contribution is 2.34. The predicted molar refractivity (Wildman–Crippen MR) is 91.5 cm³/mol. The number of hydrogen-bond acceptors (Lipinski definition) is 2. The van der Waals surface area contributed by atoms with Crippen molar-refractivity contribution in [1.82, 2.24) is 0 Å². The Bertz CT molecular complexity index is 617. The zero-order chi connectivity index (χ0) is 15.4. The van der Waals surface area contributed by atoms with E-state index in [1.165, 1.54) is 22.4 Å². The first-order chi connectivity index (χ1) is 10.1. The lowest BCUT2D eigenvalue weighted by molar-refractivity contribution is 0.416. The number of nitrogens with zero attached hydrogens (tertiary/aromatic N) is 1. The normalized spacial score (nSPS) is 10.5. The second kappa shape index (κ2) is 6.66. The number of hydrogen-bond donors (Lipinski definition) is 0. The molecule has 2 rings (SSSR count). The molecular weight excluding hydrogens is 258 g/mol. The van der Waals surface area contributed by atoms with E-state index in [9.17, 15) is 0 Å². The number of ether oxygens (including phenoxy) is 1. The van der Waals surface area contributed by atoms with E-state index in [4.69, 9.17) is 4.74 Å². The zero-order valence-corrected chi connectivity index (χ0v) is 13.7. The van der Waals surface area contributed by atoms with Crippen LogP contribution >= 0.6 is 0 Å². The van der Waals surface area contributed by atoms with Crippen LogP contribution in [0.3, 0.4) is 0 Å². The van der Waals surface area contributed by atoms with E-state index in [-0.39, 0.29) is 0 Å². The average molecular weight is 283 g/mol. The van der Waals surface area contributed by atoms with Crippen LogP contribution in [0.2, 0.25) is 0 Å². The molecule has 0 aliphatic carbocycles. The van der Waals surface area contributed by atoms with Crippen molar-refractivity contribution in [2.75, 3.05) is 26.1 Å². The van der Waals surface area contributed by atoms with Gasteiger partial charge in [0.25, 0.3) is 0 Å². The van der Waals surface area contributed by atoms with Crippen LogP contribution in [0.25, 0.3) is 11.1 Å². The van der Waals surface area contributed by atoms with E-state index in [2.05, 4.69) is 69.2 Å². The molecule has 0 aliphatic heterocycles. The highest BCUT2D eigenvalue weighted by atomic mass is 16.5. The SMILES string of the molecule is CCc1ccc(-c2ccc(CC)c(N(C)C)c2)c(OC)c1. The summed E-state index contributed by atoms with van der Waals surface area (Å²) < 4.78 is 5.59. The Morgan fingerprint density at radius 3 is 2.29 bits per heavy atom. The van der Waals surface area contributed by atoms with E-state index in [1.807, 2.05) is 0 Å². The molecule has 2 aromatic carbocycles. The minimum Gasteiger partial charge on any atom is -0.496 e. The summed E-state index contributed by atoms with van der Waals surface area (Å²) in [5.74, 6) is 0.948. The summed E-state index contributed by atoms with van der Waals surface area (Å²) in [6, 6.07) is 13.1. The predicted octanol–water partition coefficient (Wildman–Crippen LogP) is 4.55. The van der Waals surface area contributed by atoms with Gasteiger partial charge in [0.2, 0.25) is 0 Å².